The molecule has 2 rings (SSSR count). The zero-order valence-electron chi connectivity index (χ0n) is 17.5. The van der Waals surface area contributed by atoms with Gasteiger partial charge in [0, 0.05) is 12.1 Å². The molecular weight excluding hydrogens is 361 g/mol. The van der Waals surface area contributed by atoms with Gasteiger partial charge in [-0.3, -0.25) is 9.36 Å². The van der Waals surface area contributed by atoms with Crippen molar-refractivity contribution >= 4 is 24.3 Å². The van der Waals surface area contributed by atoms with Crippen molar-refractivity contribution in [1.29, 1.82) is 0 Å². The van der Waals surface area contributed by atoms with Crippen molar-refractivity contribution < 1.29 is 18.6 Å². The molecular formula is C21H34NO4P. The number of hydrogen-bond donors (Lipinski definition) is 1. The first-order valence-electron chi connectivity index (χ1n) is 9.67. The maximum atomic E-state index is 12.5. The lowest BCUT2D eigenvalue weighted by Gasteiger charge is -2.17. The van der Waals surface area contributed by atoms with Gasteiger partial charge in [0.2, 0.25) is 0 Å². The van der Waals surface area contributed by atoms with Crippen LogP contribution in [0.15, 0.2) is 42.5 Å². The van der Waals surface area contributed by atoms with E-state index in [0.717, 1.165) is 23.6 Å². The normalized spacial score (nSPS) is 11.9. The molecule has 152 valence electrons. The Morgan fingerprint density at radius 2 is 1.67 bits per heavy atom. The topological polar surface area (TPSA) is 64.6 Å². The van der Waals surface area contributed by atoms with Crippen LogP contribution < -0.4 is 9.61 Å². The minimum atomic E-state index is -3.16. The van der Waals surface area contributed by atoms with E-state index >= 15 is 0 Å². The highest BCUT2D eigenvalue weighted by Gasteiger charge is 2.20. The summed E-state index contributed by atoms with van der Waals surface area (Å²) in [4.78, 5) is 11.6. The van der Waals surface area contributed by atoms with E-state index in [2.05, 4.69) is 5.09 Å². The lowest BCUT2D eigenvalue weighted by Crippen LogP contribution is -2.24. The van der Waals surface area contributed by atoms with Gasteiger partial charge in [-0.25, -0.2) is 5.09 Å². The first kappa shape index (κ1) is 25.2. The second-order valence-electron chi connectivity index (χ2n) is 5.32. The molecule has 2 aromatic rings. The summed E-state index contributed by atoms with van der Waals surface area (Å²) in [5.41, 5.74) is 0. The molecule has 0 aliphatic rings. The summed E-state index contributed by atoms with van der Waals surface area (Å²) >= 11 is 0. The quantitative estimate of drug-likeness (QED) is 0.336. The fourth-order valence-electron chi connectivity index (χ4n) is 2.08. The first-order valence-corrected chi connectivity index (χ1v) is 11.7. The summed E-state index contributed by atoms with van der Waals surface area (Å²) in [5, 5.41) is 4.54. The van der Waals surface area contributed by atoms with E-state index in [9.17, 15) is 9.36 Å². The van der Waals surface area contributed by atoms with Gasteiger partial charge in [-0.1, -0.05) is 77.4 Å². The van der Waals surface area contributed by atoms with Crippen LogP contribution in [-0.2, 0) is 14.1 Å². The summed E-state index contributed by atoms with van der Waals surface area (Å²) in [6, 6.07) is 13.3. The lowest BCUT2D eigenvalue weighted by molar-refractivity contribution is -0.142. The molecule has 1 N–H and O–H groups in total. The Bertz CT molecular complexity index is 713. The molecule has 0 heterocycles. The van der Waals surface area contributed by atoms with Gasteiger partial charge >= 0.3 is 13.5 Å². The average Bonchev–Trinajstić information content (AvgIpc) is 2.70. The van der Waals surface area contributed by atoms with Crippen molar-refractivity contribution in [3.63, 3.8) is 0 Å². The van der Waals surface area contributed by atoms with Crippen molar-refractivity contribution in [1.82, 2.24) is 5.09 Å². The summed E-state index contributed by atoms with van der Waals surface area (Å²) in [6.07, 6.45) is 1.78. The van der Waals surface area contributed by atoms with Crippen molar-refractivity contribution in [2.75, 3.05) is 19.8 Å². The van der Waals surface area contributed by atoms with Crippen LogP contribution in [0.2, 0.25) is 0 Å². The van der Waals surface area contributed by atoms with Gasteiger partial charge in [-0.05, 0) is 17.9 Å². The third-order valence-corrected chi connectivity index (χ3v) is 4.57. The molecule has 0 bridgehead atoms. The van der Waals surface area contributed by atoms with Gasteiger partial charge in [0.15, 0.2) is 0 Å². The zero-order chi connectivity index (χ0) is 20.7. The average molecular weight is 395 g/mol. The SMILES string of the molecule is CC.CC.CCCCOC(=O)CNP(C)(=O)Oc1cccc2ccccc12. The van der Waals surface area contributed by atoms with Gasteiger partial charge < -0.3 is 9.26 Å². The van der Waals surface area contributed by atoms with E-state index in [1.54, 1.807) is 6.07 Å². The number of benzene rings is 2. The molecule has 0 amide bonds. The Morgan fingerprint density at radius 1 is 1.04 bits per heavy atom. The second-order valence-corrected chi connectivity index (χ2v) is 7.51. The molecule has 27 heavy (non-hydrogen) atoms. The predicted octanol–water partition coefficient (Wildman–Crippen LogP) is 6.03. The molecule has 5 nitrogen and oxygen atoms in total. The van der Waals surface area contributed by atoms with Crippen molar-refractivity contribution in [3.8, 4) is 5.75 Å². The van der Waals surface area contributed by atoms with E-state index in [0.29, 0.717) is 12.4 Å². The fourth-order valence-corrected chi connectivity index (χ4v) is 3.10. The zero-order valence-corrected chi connectivity index (χ0v) is 18.3. The highest BCUT2D eigenvalue weighted by molar-refractivity contribution is 7.56. The number of hydrogen-bond acceptors (Lipinski definition) is 4. The van der Waals surface area contributed by atoms with Gasteiger partial charge in [-0.2, -0.15) is 0 Å². The van der Waals surface area contributed by atoms with Crippen molar-refractivity contribution in [3.05, 3.63) is 42.5 Å². The van der Waals surface area contributed by atoms with E-state index in [-0.39, 0.29) is 6.54 Å². The van der Waals surface area contributed by atoms with E-state index in [1.807, 2.05) is 71.0 Å². The fraction of sp³-hybridized carbons (Fsp3) is 0.476. The third-order valence-electron chi connectivity index (χ3n) is 3.29. The Labute approximate surface area is 164 Å². The molecule has 0 spiro atoms. The number of ether oxygens (including phenoxy) is 1. The maximum Gasteiger partial charge on any atom is 0.320 e. The molecule has 0 aliphatic heterocycles. The highest BCUT2D eigenvalue weighted by Crippen LogP contribution is 2.41. The number of carbonyl (C=O) groups is 1. The predicted molar refractivity (Wildman–Crippen MR) is 115 cm³/mol. The molecule has 0 radical (unpaired) electrons. The van der Waals surface area contributed by atoms with Crippen LogP contribution in [0.25, 0.3) is 10.8 Å². The second kappa shape index (κ2) is 14.2. The molecule has 1 atom stereocenters. The Kier molecular flexibility index (Phi) is 13.3. The molecule has 0 aromatic heterocycles. The molecule has 6 heteroatoms. The molecule has 0 saturated heterocycles. The highest BCUT2D eigenvalue weighted by atomic mass is 31.2. The molecule has 2 aromatic carbocycles. The van der Waals surface area contributed by atoms with Gasteiger partial charge in [-0.15, -0.1) is 0 Å². The number of nitrogens with one attached hydrogen (secondary N) is 1. The molecule has 0 aliphatic carbocycles. The number of rotatable bonds is 8. The van der Waals surface area contributed by atoms with E-state index in [4.69, 9.17) is 9.26 Å². The van der Waals surface area contributed by atoms with Crippen molar-refractivity contribution in [2.45, 2.75) is 47.5 Å². The number of carbonyl (C=O) groups excluding carboxylic acids is 1. The monoisotopic (exact) mass is 395 g/mol. The maximum absolute atomic E-state index is 12.5. The van der Waals surface area contributed by atoms with Crippen LogP contribution in [0.1, 0.15) is 47.5 Å². The minimum Gasteiger partial charge on any atom is -0.465 e. The molecule has 1 unspecified atom stereocenters. The standard InChI is InChI=1S/C17H22NO4P.2C2H6/c1-3-4-12-21-17(19)13-18-23(2,20)22-16-11-7-9-14-8-5-6-10-15(14)16;2*1-2/h5-11H,3-4,12-13H2,1-2H3,(H,18,20);2*1-2H3. The van der Waals surface area contributed by atoms with Crippen LogP contribution in [0.3, 0.4) is 0 Å². The van der Waals surface area contributed by atoms with Gasteiger partial charge in [0.25, 0.3) is 0 Å². The largest absolute Gasteiger partial charge is 0.465 e. The van der Waals surface area contributed by atoms with E-state index < -0.39 is 13.5 Å². The van der Waals surface area contributed by atoms with E-state index in [1.165, 1.54) is 6.66 Å². The van der Waals surface area contributed by atoms with Gasteiger partial charge in [0.1, 0.15) is 12.3 Å². The van der Waals surface area contributed by atoms with Crippen molar-refractivity contribution in [2.24, 2.45) is 0 Å². The lowest BCUT2D eigenvalue weighted by atomic mass is 10.1. The number of fused-ring (bicyclic) bond motifs is 1. The Hall–Kier alpha value is -1.84. The summed E-state index contributed by atoms with van der Waals surface area (Å²) in [5.74, 6) is 0.0998. The smallest absolute Gasteiger partial charge is 0.320 e. The summed E-state index contributed by atoms with van der Waals surface area (Å²) < 4.78 is 23.2. The summed E-state index contributed by atoms with van der Waals surface area (Å²) in [6.45, 7) is 11.7. The van der Waals surface area contributed by atoms with Crippen LogP contribution in [0.5, 0.6) is 5.75 Å². The molecule has 0 fully saturated rings. The third kappa shape index (κ3) is 9.60. The minimum absolute atomic E-state index is 0.137. The number of unbranched alkanes of at least 4 members (excludes halogenated alkanes) is 1. The van der Waals surface area contributed by atoms with Crippen LogP contribution in [0, 0.1) is 0 Å². The Balaban J connectivity index is 0.00000158. The summed E-state index contributed by atoms with van der Waals surface area (Å²) in [7, 11) is -3.16. The first-order chi connectivity index (χ1) is 13.0. The number of esters is 1. The molecule has 0 saturated carbocycles. The van der Waals surface area contributed by atoms with Gasteiger partial charge in [0.05, 0.1) is 6.61 Å². The Morgan fingerprint density at radius 3 is 2.33 bits per heavy atom. The van der Waals surface area contributed by atoms with Crippen LogP contribution >= 0.6 is 7.52 Å². The van der Waals surface area contributed by atoms with Crippen LogP contribution in [0.4, 0.5) is 0 Å². The van der Waals surface area contributed by atoms with Crippen LogP contribution in [-0.4, -0.2) is 25.8 Å².